The molecule has 114 valence electrons. The van der Waals surface area contributed by atoms with Gasteiger partial charge >= 0.3 is 6.03 Å². The van der Waals surface area contributed by atoms with Gasteiger partial charge in [0, 0.05) is 31.6 Å². The quantitative estimate of drug-likeness (QED) is 0.810. The number of hydrogen-bond donors (Lipinski definition) is 0. The summed E-state index contributed by atoms with van der Waals surface area (Å²) in [6.45, 7) is 0.981. The average Bonchev–Trinajstić information content (AvgIpc) is 2.53. The Balaban J connectivity index is 1.90. The molecule has 0 bridgehead atoms. The van der Waals surface area contributed by atoms with E-state index in [2.05, 4.69) is 9.97 Å². The SMILES string of the molecule is CN1C(=O)N(Cc2ccccc2)Cc2cnc(S(C)=O)nc21. The maximum atomic E-state index is 12.5. The van der Waals surface area contributed by atoms with Crippen LogP contribution in [0.1, 0.15) is 11.1 Å². The Labute approximate surface area is 131 Å². The number of fused-ring (bicyclic) bond motifs is 1. The van der Waals surface area contributed by atoms with Gasteiger partial charge in [0.1, 0.15) is 5.82 Å². The highest BCUT2D eigenvalue weighted by Gasteiger charge is 2.29. The predicted molar refractivity (Wildman–Crippen MR) is 83.9 cm³/mol. The van der Waals surface area contributed by atoms with Crippen molar-refractivity contribution in [1.82, 2.24) is 14.9 Å². The molecule has 22 heavy (non-hydrogen) atoms. The molecule has 1 aromatic carbocycles. The van der Waals surface area contributed by atoms with Crippen LogP contribution in [0.5, 0.6) is 0 Å². The maximum Gasteiger partial charge on any atom is 0.326 e. The van der Waals surface area contributed by atoms with Crippen LogP contribution in [0.15, 0.2) is 41.7 Å². The minimum absolute atomic E-state index is 0.122. The summed E-state index contributed by atoms with van der Waals surface area (Å²) in [7, 11) is 0.407. The summed E-state index contributed by atoms with van der Waals surface area (Å²) < 4.78 is 11.5. The standard InChI is InChI=1S/C15H16N4O2S/c1-18-13-12(8-16-14(17-13)22(2)21)10-19(15(18)20)9-11-6-4-3-5-7-11/h3-8H,9-10H2,1-2H3. The van der Waals surface area contributed by atoms with Crippen molar-refractivity contribution in [3.8, 4) is 0 Å². The van der Waals surface area contributed by atoms with Crippen molar-refractivity contribution in [2.45, 2.75) is 18.2 Å². The predicted octanol–water partition coefficient (Wildman–Crippen LogP) is 1.79. The van der Waals surface area contributed by atoms with Gasteiger partial charge in [0.05, 0.1) is 17.3 Å². The molecule has 0 fully saturated rings. The van der Waals surface area contributed by atoms with E-state index < -0.39 is 10.8 Å². The molecule has 7 heteroatoms. The van der Waals surface area contributed by atoms with E-state index in [1.54, 1.807) is 18.1 Å². The normalized spacial score (nSPS) is 15.6. The van der Waals surface area contributed by atoms with E-state index in [0.717, 1.165) is 11.1 Å². The molecule has 0 radical (unpaired) electrons. The third kappa shape index (κ3) is 2.71. The molecule has 0 saturated heterocycles. The van der Waals surface area contributed by atoms with Gasteiger partial charge in [0.2, 0.25) is 5.16 Å². The Bertz CT molecular complexity index is 736. The molecule has 2 heterocycles. The second-order valence-electron chi connectivity index (χ2n) is 5.14. The van der Waals surface area contributed by atoms with Gasteiger partial charge in [0.25, 0.3) is 0 Å². The molecule has 3 rings (SSSR count). The zero-order valence-electron chi connectivity index (χ0n) is 12.4. The van der Waals surface area contributed by atoms with Crippen LogP contribution < -0.4 is 4.90 Å². The minimum atomic E-state index is -1.27. The van der Waals surface area contributed by atoms with Crippen molar-refractivity contribution in [2.75, 3.05) is 18.2 Å². The highest BCUT2D eigenvalue weighted by Crippen LogP contribution is 2.26. The maximum absolute atomic E-state index is 12.5. The number of carbonyl (C=O) groups is 1. The van der Waals surface area contributed by atoms with Crippen LogP contribution in [0.4, 0.5) is 10.6 Å². The highest BCUT2D eigenvalue weighted by atomic mass is 32.2. The lowest BCUT2D eigenvalue weighted by Crippen LogP contribution is -2.45. The average molecular weight is 316 g/mol. The van der Waals surface area contributed by atoms with Gasteiger partial charge < -0.3 is 4.90 Å². The number of rotatable bonds is 3. The number of urea groups is 1. The first kappa shape index (κ1) is 14.6. The molecule has 6 nitrogen and oxygen atoms in total. The van der Waals surface area contributed by atoms with Crippen LogP contribution in [0.25, 0.3) is 0 Å². The zero-order valence-corrected chi connectivity index (χ0v) is 13.2. The number of carbonyl (C=O) groups excluding carboxylic acids is 1. The number of anilines is 1. The summed E-state index contributed by atoms with van der Waals surface area (Å²) in [6.07, 6.45) is 3.17. The molecule has 0 aliphatic carbocycles. The Hall–Kier alpha value is -2.28. The molecular weight excluding hydrogens is 300 g/mol. The number of hydrogen-bond acceptors (Lipinski definition) is 4. The van der Waals surface area contributed by atoms with Crippen molar-refractivity contribution >= 4 is 22.6 Å². The lowest BCUT2D eigenvalue weighted by Gasteiger charge is -2.34. The van der Waals surface area contributed by atoms with E-state index in [1.807, 2.05) is 30.3 Å². The Morgan fingerprint density at radius 1 is 1.27 bits per heavy atom. The van der Waals surface area contributed by atoms with Crippen LogP contribution in [0.2, 0.25) is 0 Å². The van der Waals surface area contributed by atoms with Crippen LogP contribution in [0, 0.1) is 0 Å². The number of amides is 2. The van der Waals surface area contributed by atoms with Gasteiger partial charge in [-0.05, 0) is 5.56 Å². The van der Waals surface area contributed by atoms with E-state index in [1.165, 1.54) is 11.2 Å². The van der Waals surface area contributed by atoms with Crippen molar-refractivity contribution in [2.24, 2.45) is 0 Å². The van der Waals surface area contributed by atoms with Crippen LogP contribution in [-0.2, 0) is 23.9 Å². The molecule has 2 aromatic rings. The molecule has 0 saturated carbocycles. The van der Waals surface area contributed by atoms with E-state index in [4.69, 9.17) is 0 Å². The molecular formula is C15H16N4O2S. The Morgan fingerprint density at radius 3 is 2.68 bits per heavy atom. The monoisotopic (exact) mass is 316 g/mol. The van der Waals surface area contributed by atoms with Crippen molar-refractivity contribution in [3.63, 3.8) is 0 Å². The fraction of sp³-hybridized carbons (Fsp3) is 0.267. The lowest BCUT2D eigenvalue weighted by atomic mass is 10.1. The minimum Gasteiger partial charge on any atom is -0.315 e. The van der Waals surface area contributed by atoms with Crippen molar-refractivity contribution in [3.05, 3.63) is 47.7 Å². The van der Waals surface area contributed by atoms with Gasteiger partial charge in [-0.3, -0.25) is 9.11 Å². The summed E-state index contributed by atoms with van der Waals surface area (Å²) in [5.74, 6) is 0.537. The summed E-state index contributed by atoms with van der Waals surface area (Å²) in [5, 5.41) is 0.245. The van der Waals surface area contributed by atoms with Gasteiger partial charge in [-0.1, -0.05) is 30.3 Å². The second-order valence-corrected chi connectivity index (χ2v) is 6.41. The molecule has 1 aromatic heterocycles. The van der Waals surface area contributed by atoms with Gasteiger partial charge in [-0.2, -0.15) is 0 Å². The third-order valence-corrected chi connectivity index (χ3v) is 4.24. The fourth-order valence-electron chi connectivity index (χ4n) is 2.43. The zero-order chi connectivity index (χ0) is 15.7. The number of benzene rings is 1. The summed E-state index contributed by atoms with van der Waals surface area (Å²) in [4.78, 5) is 24.1. The Morgan fingerprint density at radius 2 is 2.00 bits per heavy atom. The number of aromatic nitrogens is 2. The van der Waals surface area contributed by atoms with E-state index in [9.17, 15) is 9.00 Å². The summed E-state index contributed by atoms with van der Waals surface area (Å²) in [6, 6.07) is 9.71. The van der Waals surface area contributed by atoms with Crippen LogP contribution >= 0.6 is 0 Å². The van der Waals surface area contributed by atoms with Crippen molar-refractivity contribution in [1.29, 1.82) is 0 Å². The summed E-state index contributed by atoms with van der Waals surface area (Å²) in [5.41, 5.74) is 1.92. The lowest BCUT2D eigenvalue weighted by molar-refractivity contribution is 0.196. The molecule has 1 unspecified atom stereocenters. The third-order valence-electron chi connectivity index (χ3n) is 3.53. The molecule has 1 aliphatic rings. The fourth-order valence-corrected chi connectivity index (χ4v) is 2.84. The van der Waals surface area contributed by atoms with E-state index in [-0.39, 0.29) is 11.2 Å². The van der Waals surface area contributed by atoms with Crippen LogP contribution in [-0.4, -0.2) is 38.4 Å². The summed E-state index contributed by atoms with van der Waals surface area (Å²) >= 11 is 0. The van der Waals surface area contributed by atoms with Gasteiger partial charge in [0.15, 0.2) is 0 Å². The first-order valence-corrected chi connectivity index (χ1v) is 8.38. The first-order valence-electron chi connectivity index (χ1n) is 6.82. The van der Waals surface area contributed by atoms with Gasteiger partial charge in [-0.15, -0.1) is 0 Å². The highest BCUT2D eigenvalue weighted by molar-refractivity contribution is 7.84. The smallest absolute Gasteiger partial charge is 0.315 e. The molecule has 0 N–H and O–H groups in total. The second kappa shape index (κ2) is 5.84. The van der Waals surface area contributed by atoms with Crippen molar-refractivity contribution < 1.29 is 9.00 Å². The molecule has 2 amide bonds. The van der Waals surface area contributed by atoms with E-state index >= 15 is 0 Å². The first-order chi connectivity index (χ1) is 10.6. The van der Waals surface area contributed by atoms with E-state index in [0.29, 0.717) is 18.9 Å². The molecule has 1 atom stereocenters. The topological polar surface area (TPSA) is 66.4 Å². The van der Waals surface area contributed by atoms with Gasteiger partial charge in [-0.25, -0.2) is 14.8 Å². The molecule has 1 aliphatic heterocycles. The van der Waals surface area contributed by atoms with Crippen LogP contribution in [0.3, 0.4) is 0 Å². The largest absolute Gasteiger partial charge is 0.326 e. The number of nitrogens with zero attached hydrogens (tertiary/aromatic N) is 4. The Kier molecular flexibility index (Phi) is 3.89. The molecule has 0 spiro atoms.